The third-order valence-electron chi connectivity index (χ3n) is 4.63. The largest absolute Gasteiger partial charge is 0.454 e. The third kappa shape index (κ3) is 3.48. The van der Waals surface area contributed by atoms with Gasteiger partial charge in [-0.15, -0.1) is 0 Å². The molecule has 0 aliphatic carbocycles. The molecule has 0 spiro atoms. The average Bonchev–Trinajstić information content (AvgIpc) is 3.03. The van der Waals surface area contributed by atoms with Crippen molar-refractivity contribution in [2.24, 2.45) is 0 Å². The van der Waals surface area contributed by atoms with Gasteiger partial charge in [0.05, 0.1) is 22.4 Å². The Morgan fingerprint density at radius 1 is 0.800 bits per heavy atom. The molecule has 1 aliphatic heterocycles. The molecule has 0 radical (unpaired) electrons. The Hall–Kier alpha value is -4.13. The number of amides is 2. The summed E-state index contributed by atoms with van der Waals surface area (Å²) in [6.45, 7) is -0.526. The summed E-state index contributed by atoms with van der Waals surface area (Å²) >= 11 is 0. The van der Waals surface area contributed by atoms with Crippen LogP contribution < -0.4 is 4.90 Å². The predicted octanol–water partition coefficient (Wildman–Crippen LogP) is 3.67. The standard InChI is InChI=1S/C23H14FNO5/c24-16-10-8-14(9-11-16)20(26)13-30-23(29)15-4-3-5-17(12-15)25-21(27)18-6-1-2-7-19(18)22(25)28/h1-12H,13H2. The van der Waals surface area contributed by atoms with E-state index in [-0.39, 0.29) is 16.8 Å². The highest BCUT2D eigenvalue weighted by Gasteiger charge is 2.36. The van der Waals surface area contributed by atoms with Gasteiger partial charge in [0, 0.05) is 5.56 Å². The zero-order valence-corrected chi connectivity index (χ0v) is 15.5. The highest BCUT2D eigenvalue weighted by Crippen LogP contribution is 2.28. The van der Waals surface area contributed by atoms with Crippen LogP contribution in [0.3, 0.4) is 0 Å². The first-order chi connectivity index (χ1) is 14.5. The van der Waals surface area contributed by atoms with E-state index in [2.05, 4.69) is 0 Å². The number of Topliss-reactive ketones (excluding diaryl/α,β-unsaturated/α-hetero) is 1. The van der Waals surface area contributed by atoms with Gasteiger partial charge in [0.1, 0.15) is 5.82 Å². The molecule has 0 atom stereocenters. The Morgan fingerprint density at radius 3 is 2.07 bits per heavy atom. The van der Waals surface area contributed by atoms with Crippen LogP contribution in [0.1, 0.15) is 41.4 Å². The topological polar surface area (TPSA) is 80.8 Å². The van der Waals surface area contributed by atoms with Gasteiger partial charge in [-0.05, 0) is 54.6 Å². The Labute approximate surface area is 170 Å². The number of hydrogen-bond acceptors (Lipinski definition) is 5. The van der Waals surface area contributed by atoms with Crippen LogP contribution in [0.15, 0.2) is 72.8 Å². The molecule has 1 aliphatic rings. The van der Waals surface area contributed by atoms with Gasteiger partial charge >= 0.3 is 5.97 Å². The lowest BCUT2D eigenvalue weighted by molar-refractivity contribution is 0.0474. The highest BCUT2D eigenvalue weighted by atomic mass is 19.1. The molecular formula is C23H14FNO5. The minimum atomic E-state index is -0.788. The lowest BCUT2D eigenvalue weighted by Crippen LogP contribution is -2.29. The van der Waals surface area contributed by atoms with Crippen molar-refractivity contribution in [3.63, 3.8) is 0 Å². The van der Waals surface area contributed by atoms with Crippen molar-refractivity contribution in [1.82, 2.24) is 0 Å². The van der Waals surface area contributed by atoms with E-state index in [4.69, 9.17) is 4.74 Å². The minimum Gasteiger partial charge on any atom is -0.454 e. The number of carbonyl (C=O) groups is 4. The Morgan fingerprint density at radius 2 is 1.43 bits per heavy atom. The summed E-state index contributed by atoms with van der Waals surface area (Å²) in [7, 11) is 0. The summed E-state index contributed by atoms with van der Waals surface area (Å²) in [5.74, 6) is -2.71. The van der Waals surface area contributed by atoms with Gasteiger partial charge in [-0.2, -0.15) is 0 Å². The smallest absolute Gasteiger partial charge is 0.338 e. The van der Waals surface area contributed by atoms with Crippen LogP contribution >= 0.6 is 0 Å². The molecule has 0 N–H and O–H groups in total. The number of imide groups is 1. The quantitative estimate of drug-likeness (QED) is 0.369. The second-order valence-electron chi connectivity index (χ2n) is 6.55. The first kappa shape index (κ1) is 19.2. The number of benzene rings is 3. The molecule has 0 saturated heterocycles. The summed E-state index contributed by atoms with van der Waals surface area (Å²) in [5, 5.41) is 0. The van der Waals surface area contributed by atoms with Crippen LogP contribution in [0.25, 0.3) is 0 Å². The van der Waals surface area contributed by atoms with E-state index in [0.29, 0.717) is 11.1 Å². The summed E-state index contributed by atoms with van der Waals surface area (Å²) in [6.07, 6.45) is 0. The van der Waals surface area contributed by atoms with E-state index in [1.54, 1.807) is 24.3 Å². The van der Waals surface area contributed by atoms with Gasteiger partial charge in [-0.3, -0.25) is 14.4 Å². The number of ketones is 1. The van der Waals surface area contributed by atoms with Gasteiger partial charge in [-0.1, -0.05) is 18.2 Å². The maximum atomic E-state index is 12.9. The van der Waals surface area contributed by atoms with Crippen molar-refractivity contribution in [2.75, 3.05) is 11.5 Å². The number of anilines is 1. The van der Waals surface area contributed by atoms with Crippen LogP contribution in [0.4, 0.5) is 10.1 Å². The monoisotopic (exact) mass is 403 g/mol. The van der Waals surface area contributed by atoms with E-state index < -0.39 is 36.0 Å². The first-order valence-corrected chi connectivity index (χ1v) is 8.99. The second kappa shape index (κ2) is 7.71. The van der Waals surface area contributed by atoms with Crippen LogP contribution in [0.5, 0.6) is 0 Å². The summed E-state index contributed by atoms with van der Waals surface area (Å²) < 4.78 is 18.0. The molecule has 3 aromatic rings. The van der Waals surface area contributed by atoms with E-state index >= 15 is 0 Å². The molecule has 0 fully saturated rings. The van der Waals surface area contributed by atoms with Crippen LogP contribution in [-0.2, 0) is 4.74 Å². The van der Waals surface area contributed by atoms with Gasteiger partial charge in [0.25, 0.3) is 11.8 Å². The summed E-state index contributed by atoms with van der Waals surface area (Å²) in [4.78, 5) is 50.6. The number of carbonyl (C=O) groups excluding carboxylic acids is 4. The molecule has 148 valence electrons. The Bertz CT molecular complexity index is 1150. The zero-order chi connectivity index (χ0) is 21.3. The van der Waals surface area contributed by atoms with E-state index in [1.807, 2.05) is 0 Å². The number of ether oxygens (including phenoxy) is 1. The van der Waals surface area contributed by atoms with E-state index in [0.717, 1.165) is 17.0 Å². The number of nitrogens with zero attached hydrogens (tertiary/aromatic N) is 1. The molecule has 0 aromatic heterocycles. The predicted molar refractivity (Wildman–Crippen MR) is 105 cm³/mol. The van der Waals surface area contributed by atoms with E-state index in [9.17, 15) is 23.6 Å². The molecule has 0 bridgehead atoms. The molecule has 6 nitrogen and oxygen atoms in total. The lowest BCUT2D eigenvalue weighted by Gasteiger charge is -2.14. The van der Waals surface area contributed by atoms with Crippen LogP contribution in [-0.4, -0.2) is 30.2 Å². The zero-order valence-electron chi connectivity index (χ0n) is 15.5. The van der Waals surface area contributed by atoms with Crippen molar-refractivity contribution in [3.05, 3.63) is 101 Å². The van der Waals surface area contributed by atoms with Gasteiger partial charge < -0.3 is 4.74 Å². The molecule has 7 heteroatoms. The highest BCUT2D eigenvalue weighted by molar-refractivity contribution is 6.34. The Kier molecular flexibility index (Phi) is 4.93. The fraction of sp³-hybridized carbons (Fsp3) is 0.0435. The van der Waals surface area contributed by atoms with Crippen molar-refractivity contribution < 1.29 is 28.3 Å². The van der Waals surface area contributed by atoms with Gasteiger partial charge in [0.15, 0.2) is 12.4 Å². The molecule has 2 amide bonds. The summed E-state index contributed by atoms with van der Waals surface area (Å²) in [5.41, 5.74) is 1.10. The fourth-order valence-corrected chi connectivity index (χ4v) is 3.13. The van der Waals surface area contributed by atoms with Gasteiger partial charge in [-0.25, -0.2) is 14.1 Å². The second-order valence-corrected chi connectivity index (χ2v) is 6.55. The molecule has 0 saturated carbocycles. The molecule has 3 aromatic carbocycles. The molecule has 1 heterocycles. The summed E-state index contributed by atoms with van der Waals surface area (Å²) in [6, 6.07) is 17.2. The van der Waals surface area contributed by atoms with Crippen LogP contribution in [0, 0.1) is 5.82 Å². The number of esters is 1. The first-order valence-electron chi connectivity index (χ1n) is 8.99. The number of halogens is 1. The molecule has 0 unspecified atom stereocenters. The maximum absolute atomic E-state index is 12.9. The molecular weight excluding hydrogens is 389 g/mol. The number of hydrogen-bond donors (Lipinski definition) is 0. The SMILES string of the molecule is O=C(COC(=O)c1cccc(N2C(=O)c3ccccc3C2=O)c1)c1ccc(F)cc1. The third-order valence-corrected chi connectivity index (χ3v) is 4.63. The fourth-order valence-electron chi connectivity index (χ4n) is 3.13. The van der Waals surface area contributed by atoms with Crippen molar-refractivity contribution in [2.45, 2.75) is 0 Å². The molecule has 30 heavy (non-hydrogen) atoms. The Balaban J connectivity index is 1.49. The maximum Gasteiger partial charge on any atom is 0.338 e. The molecule has 4 rings (SSSR count). The van der Waals surface area contributed by atoms with Crippen molar-refractivity contribution in [3.8, 4) is 0 Å². The van der Waals surface area contributed by atoms with Crippen molar-refractivity contribution in [1.29, 1.82) is 0 Å². The normalized spacial score (nSPS) is 12.6. The van der Waals surface area contributed by atoms with E-state index in [1.165, 1.54) is 36.4 Å². The van der Waals surface area contributed by atoms with Crippen molar-refractivity contribution >= 4 is 29.3 Å². The van der Waals surface area contributed by atoms with Gasteiger partial charge in [0.2, 0.25) is 0 Å². The minimum absolute atomic E-state index is 0.0796. The lowest BCUT2D eigenvalue weighted by atomic mass is 10.1. The average molecular weight is 403 g/mol. The number of rotatable bonds is 5. The number of fused-ring (bicyclic) bond motifs is 1. The van der Waals surface area contributed by atoms with Crippen LogP contribution in [0.2, 0.25) is 0 Å².